The van der Waals surface area contributed by atoms with E-state index in [1.165, 1.54) is 6.08 Å². The van der Waals surface area contributed by atoms with Gasteiger partial charge < -0.3 is 0 Å². The maximum Gasteiger partial charge on any atom is 0.176 e. The number of alkyl halides is 3. The van der Waals surface area contributed by atoms with E-state index in [0.717, 1.165) is 0 Å². The number of hydrogen-bond donors (Lipinski definition) is 0. The molecule has 0 saturated carbocycles. The van der Waals surface area contributed by atoms with Crippen LogP contribution in [0, 0.1) is 0 Å². The van der Waals surface area contributed by atoms with E-state index >= 15 is 0 Å². The first kappa shape index (κ1) is 11.3. The van der Waals surface area contributed by atoms with Gasteiger partial charge in [-0.25, -0.2) is 0 Å². The Morgan fingerprint density at radius 1 is 1.17 bits per heavy atom. The van der Waals surface area contributed by atoms with Crippen molar-refractivity contribution in [3.8, 4) is 0 Å². The Bertz CT molecular complexity index is 263. The van der Waals surface area contributed by atoms with Crippen LogP contribution >= 0.6 is 69.6 Å². The molecule has 6 heteroatoms. The molecule has 0 heterocycles. The van der Waals surface area contributed by atoms with Gasteiger partial charge in [0.1, 0.15) is 5.38 Å². The smallest absolute Gasteiger partial charge is 0.113 e. The first-order valence-corrected chi connectivity index (χ1v) is 5.14. The fourth-order valence-corrected chi connectivity index (χ4v) is 2.34. The molecule has 0 aliphatic heterocycles. The lowest BCUT2D eigenvalue weighted by Gasteiger charge is -2.28. The zero-order chi connectivity index (χ0) is 9.52. The fourth-order valence-electron chi connectivity index (χ4n) is 0.701. The number of allylic oxidation sites excluding steroid dienone is 4. The fraction of sp³-hybridized carbons (Fsp3) is 0.333. The minimum Gasteiger partial charge on any atom is -0.113 e. The minimum absolute atomic E-state index is 0.0944. The van der Waals surface area contributed by atoms with Crippen LogP contribution in [0.25, 0.3) is 0 Å². The summed E-state index contributed by atoms with van der Waals surface area (Å²) in [6.45, 7) is 0. The summed E-state index contributed by atoms with van der Waals surface area (Å²) < 4.78 is -1.44. The van der Waals surface area contributed by atoms with Gasteiger partial charge >= 0.3 is 0 Å². The Morgan fingerprint density at radius 2 is 1.67 bits per heavy atom. The third-order valence-electron chi connectivity index (χ3n) is 1.33. The van der Waals surface area contributed by atoms with Gasteiger partial charge in [0, 0.05) is 5.03 Å². The average molecular weight is 287 g/mol. The van der Waals surface area contributed by atoms with Crippen LogP contribution in [0.15, 0.2) is 21.2 Å². The van der Waals surface area contributed by atoms with Crippen LogP contribution in [-0.2, 0) is 0 Å². The Hall–Kier alpha value is 1.22. The molecule has 0 amide bonds. The van der Waals surface area contributed by atoms with E-state index in [0.29, 0.717) is 0 Å². The van der Waals surface area contributed by atoms with Crippen molar-refractivity contribution in [2.45, 2.75) is 9.71 Å². The zero-order valence-corrected chi connectivity index (χ0v) is 9.96. The molecule has 0 fully saturated rings. The average Bonchev–Trinajstić information content (AvgIpc) is 1.99. The van der Waals surface area contributed by atoms with E-state index in [9.17, 15) is 0 Å². The lowest BCUT2D eigenvalue weighted by molar-refractivity contribution is 0.932. The molecule has 1 rings (SSSR count). The van der Waals surface area contributed by atoms with Crippen molar-refractivity contribution in [1.82, 2.24) is 0 Å². The quantitative estimate of drug-likeness (QED) is 0.571. The monoisotopic (exact) mass is 284 g/mol. The normalized spacial score (nSPS) is 28.8. The first-order chi connectivity index (χ1) is 5.37. The second-order valence-electron chi connectivity index (χ2n) is 2.18. The van der Waals surface area contributed by atoms with E-state index < -0.39 is 9.71 Å². The largest absolute Gasteiger partial charge is 0.176 e. The molecule has 0 bridgehead atoms. The van der Waals surface area contributed by atoms with Crippen LogP contribution in [0.5, 0.6) is 0 Å². The highest BCUT2D eigenvalue weighted by Gasteiger charge is 2.42. The predicted octanol–water partition coefficient (Wildman–Crippen LogP) is 4.59. The summed E-state index contributed by atoms with van der Waals surface area (Å²) in [7, 11) is 0. The van der Waals surface area contributed by atoms with Gasteiger partial charge in [0.05, 0.1) is 10.1 Å². The SMILES string of the molecule is ClC1=CC(Cl)=C(Cl)C(Cl)(Cl)C1Cl. The van der Waals surface area contributed by atoms with Gasteiger partial charge in [0.25, 0.3) is 0 Å². The number of halogens is 6. The molecule has 0 aromatic heterocycles. The molecule has 0 spiro atoms. The van der Waals surface area contributed by atoms with Gasteiger partial charge in [-0.05, 0) is 6.08 Å². The molecule has 0 nitrogen and oxygen atoms in total. The molecule has 1 unspecified atom stereocenters. The Balaban J connectivity index is 3.18. The maximum absolute atomic E-state index is 5.80. The molecular formula is C6H2Cl6. The van der Waals surface area contributed by atoms with Crippen molar-refractivity contribution in [2.75, 3.05) is 0 Å². The van der Waals surface area contributed by atoms with Crippen LogP contribution < -0.4 is 0 Å². The highest BCUT2D eigenvalue weighted by Crippen LogP contribution is 2.48. The molecule has 1 atom stereocenters. The lowest BCUT2D eigenvalue weighted by atomic mass is 10.1. The van der Waals surface area contributed by atoms with E-state index in [1.807, 2.05) is 0 Å². The number of rotatable bonds is 0. The standard InChI is InChI=1S/C6H2Cl6/c7-2-1-3(8)5(10)6(11,12)4(2)9/h1,4H. The molecule has 1 aliphatic carbocycles. The topological polar surface area (TPSA) is 0 Å². The molecule has 0 aromatic carbocycles. The Morgan fingerprint density at radius 3 is 2.17 bits per heavy atom. The van der Waals surface area contributed by atoms with Crippen LogP contribution in [-0.4, -0.2) is 9.71 Å². The highest BCUT2D eigenvalue weighted by atomic mass is 35.5. The second-order valence-corrected chi connectivity index (χ2v) is 5.22. The van der Waals surface area contributed by atoms with Crippen molar-refractivity contribution < 1.29 is 0 Å². The van der Waals surface area contributed by atoms with E-state index in [4.69, 9.17) is 69.6 Å². The molecular weight excluding hydrogens is 285 g/mol. The van der Waals surface area contributed by atoms with Crippen LogP contribution in [0.3, 0.4) is 0 Å². The predicted molar refractivity (Wildman–Crippen MR) is 56.7 cm³/mol. The van der Waals surface area contributed by atoms with Gasteiger partial charge in [-0.2, -0.15) is 0 Å². The van der Waals surface area contributed by atoms with Gasteiger partial charge in [-0.1, -0.05) is 58.0 Å². The molecule has 12 heavy (non-hydrogen) atoms. The lowest BCUT2D eigenvalue weighted by Crippen LogP contribution is -2.30. The van der Waals surface area contributed by atoms with Crippen molar-refractivity contribution in [1.29, 1.82) is 0 Å². The summed E-state index contributed by atoms with van der Waals surface area (Å²) in [5.41, 5.74) is 0. The summed E-state index contributed by atoms with van der Waals surface area (Å²) in [6.07, 6.45) is 1.42. The van der Waals surface area contributed by atoms with Gasteiger partial charge in [0.15, 0.2) is 4.33 Å². The Kier molecular flexibility index (Phi) is 3.54. The van der Waals surface area contributed by atoms with Crippen LogP contribution in [0.2, 0.25) is 0 Å². The molecule has 0 aromatic rings. The summed E-state index contributed by atoms with van der Waals surface area (Å²) in [4.78, 5) is 0. The minimum atomic E-state index is -1.44. The van der Waals surface area contributed by atoms with Crippen LogP contribution in [0.1, 0.15) is 0 Å². The van der Waals surface area contributed by atoms with E-state index in [1.54, 1.807) is 0 Å². The third-order valence-corrected chi connectivity index (χ3v) is 4.46. The van der Waals surface area contributed by atoms with Crippen molar-refractivity contribution in [3.05, 3.63) is 21.2 Å². The zero-order valence-electron chi connectivity index (χ0n) is 5.42. The van der Waals surface area contributed by atoms with E-state index in [-0.39, 0.29) is 15.1 Å². The summed E-state index contributed by atoms with van der Waals surface area (Å²) in [6, 6.07) is 0. The van der Waals surface area contributed by atoms with Gasteiger partial charge in [0.2, 0.25) is 0 Å². The van der Waals surface area contributed by atoms with Crippen molar-refractivity contribution >= 4 is 69.6 Å². The maximum atomic E-state index is 5.80. The van der Waals surface area contributed by atoms with Crippen molar-refractivity contribution in [3.63, 3.8) is 0 Å². The molecule has 68 valence electrons. The van der Waals surface area contributed by atoms with Gasteiger partial charge in [-0.3, -0.25) is 0 Å². The summed E-state index contributed by atoms with van der Waals surface area (Å²) in [5.74, 6) is 0. The van der Waals surface area contributed by atoms with Gasteiger partial charge in [-0.15, -0.1) is 11.6 Å². The van der Waals surface area contributed by atoms with Crippen LogP contribution in [0.4, 0.5) is 0 Å². The third kappa shape index (κ3) is 1.84. The summed E-state index contributed by atoms with van der Waals surface area (Å²) >= 11 is 34.5. The highest BCUT2D eigenvalue weighted by molar-refractivity contribution is 6.62. The number of hydrogen-bond acceptors (Lipinski definition) is 0. The van der Waals surface area contributed by atoms with Crippen molar-refractivity contribution in [2.24, 2.45) is 0 Å². The first-order valence-electron chi connectivity index (χ1n) is 2.82. The Labute approximate surface area is 100.0 Å². The molecule has 0 saturated heterocycles. The van der Waals surface area contributed by atoms with E-state index in [2.05, 4.69) is 0 Å². The molecule has 0 N–H and O–H groups in total. The molecule has 0 radical (unpaired) electrons. The summed E-state index contributed by atoms with van der Waals surface area (Å²) in [5, 5.41) is -0.186. The second kappa shape index (κ2) is 3.76. The molecule has 1 aliphatic rings.